The van der Waals surface area contributed by atoms with Gasteiger partial charge in [-0.25, -0.2) is 0 Å². The Kier molecular flexibility index (Phi) is 5.82. The first-order chi connectivity index (χ1) is 10.0. The van der Waals surface area contributed by atoms with Crippen molar-refractivity contribution in [3.05, 3.63) is 34.3 Å². The lowest BCUT2D eigenvalue weighted by molar-refractivity contribution is -0.123. The molecule has 0 aliphatic heterocycles. The molecule has 1 aliphatic rings. The second-order valence-corrected chi connectivity index (χ2v) is 7.10. The minimum atomic E-state index is -0.291. The normalized spacial score (nSPS) is 19.0. The summed E-state index contributed by atoms with van der Waals surface area (Å²) in [7, 11) is 0. The molecule has 1 aromatic rings. The van der Waals surface area contributed by atoms with E-state index in [1.807, 2.05) is 12.1 Å². The van der Waals surface area contributed by atoms with Crippen molar-refractivity contribution in [1.82, 2.24) is 5.32 Å². The van der Waals surface area contributed by atoms with E-state index in [-0.39, 0.29) is 17.5 Å². The lowest BCUT2D eigenvalue weighted by Gasteiger charge is -2.33. The summed E-state index contributed by atoms with van der Waals surface area (Å²) >= 11 is 3.44. The van der Waals surface area contributed by atoms with Crippen LogP contribution in [0, 0.1) is 0 Å². The molecule has 0 radical (unpaired) electrons. The number of benzene rings is 1. The summed E-state index contributed by atoms with van der Waals surface area (Å²) in [5, 5.41) is 3.14. The molecule has 1 unspecified atom stereocenters. The maximum Gasteiger partial charge on any atom is 0.222 e. The quantitative estimate of drug-likeness (QED) is 0.838. The second kappa shape index (κ2) is 7.41. The van der Waals surface area contributed by atoms with Gasteiger partial charge in [0.05, 0.1) is 6.04 Å². The largest absolute Gasteiger partial charge is 0.349 e. The average Bonchev–Trinajstić information content (AvgIpc) is 2.46. The number of nitrogens with one attached hydrogen (secondary N) is 1. The molecule has 21 heavy (non-hydrogen) atoms. The lowest BCUT2D eigenvalue weighted by Crippen LogP contribution is -2.46. The van der Waals surface area contributed by atoms with Crippen LogP contribution >= 0.6 is 15.9 Å². The van der Waals surface area contributed by atoms with Crippen LogP contribution in [0.25, 0.3) is 0 Å². The van der Waals surface area contributed by atoms with Gasteiger partial charge >= 0.3 is 0 Å². The molecule has 1 amide bonds. The van der Waals surface area contributed by atoms with E-state index in [1.54, 1.807) is 0 Å². The molecule has 116 valence electrons. The summed E-state index contributed by atoms with van der Waals surface area (Å²) in [6.45, 7) is 2.09. The Morgan fingerprint density at radius 2 is 1.90 bits per heavy atom. The summed E-state index contributed by atoms with van der Waals surface area (Å²) in [6.07, 6.45) is 6.80. The number of rotatable bonds is 5. The number of amides is 1. The standard InChI is InChI=1S/C17H25BrN2O/c1-2-15(13-6-8-14(18)9-7-13)20-16(21)12-17(19)10-4-3-5-11-17/h6-9,15H,2-5,10-12,19H2,1H3,(H,20,21). The highest BCUT2D eigenvalue weighted by molar-refractivity contribution is 9.10. The first-order valence-corrected chi connectivity index (χ1v) is 8.65. The lowest BCUT2D eigenvalue weighted by atomic mass is 9.80. The molecule has 1 fully saturated rings. The summed E-state index contributed by atoms with van der Waals surface area (Å²) in [4.78, 5) is 12.3. The van der Waals surface area contributed by atoms with Crippen molar-refractivity contribution in [2.24, 2.45) is 5.73 Å². The third-order valence-corrected chi connectivity index (χ3v) is 4.91. The van der Waals surface area contributed by atoms with Crippen LogP contribution in [0.2, 0.25) is 0 Å². The SMILES string of the molecule is CCC(NC(=O)CC1(N)CCCCC1)c1ccc(Br)cc1. The van der Waals surface area contributed by atoms with Gasteiger partial charge < -0.3 is 11.1 Å². The van der Waals surface area contributed by atoms with Crippen molar-refractivity contribution < 1.29 is 4.79 Å². The second-order valence-electron chi connectivity index (χ2n) is 6.18. The van der Waals surface area contributed by atoms with Gasteiger partial charge in [-0.15, -0.1) is 0 Å². The summed E-state index contributed by atoms with van der Waals surface area (Å²) < 4.78 is 1.05. The Labute approximate surface area is 135 Å². The molecule has 3 nitrogen and oxygen atoms in total. The van der Waals surface area contributed by atoms with Crippen LogP contribution in [-0.2, 0) is 4.79 Å². The van der Waals surface area contributed by atoms with Crippen LogP contribution in [0.4, 0.5) is 0 Å². The fourth-order valence-corrected chi connectivity index (χ4v) is 3.38. The van der Waals surface area contributed by atoms with Crippen LogP contribution in [0.1, 0.15) is 63.5 Å². The molecule has 0 spiro atoms. The fraction of sp³-hybridized carbons (Fsp3) is 0.588. The highest BCUT2D eigenvalue weighted by Crippen LogP contribution is 2.29. The van der Waals surface area contributed by atoms with Gasteiger partial charge in [0.1, 0.15) is 0 Å². The fourth-order valence-electron chi connectivity index (χ4n) is 3.11. The highest BCUT2D eigenvalue weighted by Gasteiger charge is 2.30. The molecule has 0 heterocycles. The molecule has 3 N–H and O–H groups in total. The molecule has 1 saturated carbocycles. The Balaban J connectivity index is 1.94. The maximum absolute atomic E-state index is 12.3. The third kappa shape index (κ3) is 4.82. The predicted molar refractivity (Wildman–Crippen MR) is 89.9 cm³/mol. The highest BCUT2D eigenvalue weighted by atomic mass is 79.9. The molecule has 0 aromatic heterocycles. The van der Waals surface area contributed by atoms with E-state index in [9.17, 15) is 4.79 Å². The van der Waals surface area contributed by atoms with Crippen molar-refractivity contribution in [2.75, 3.05) is 0 Å². The number of carbonyl (C=O) groups is 1. The van der Waals surface area contributed by atoms with E-state index in [0.717, 1.165) is 42.1 Å². The smallest absolute Gasteiger partial charge is 0.222 e. The van der Waals surface area contributed by atoms with E-state index < -0.39 is 0 Å². The average molecular weight is 353 g/mol. The molecular weight excluding hydrogens is 328 g/mol. The van der Waals surface area contributed by atoms with Gasteiger partial charge in [-0.3, -0.25) is 4.79 Å². The zero-order valence-corrected chi connectivity index (χ0v) is 14.3. The molecular formula is C17H25BrN2O. The van der Waals surface area contributed by atoms with Crippen molar-refractivity contribution in [3.63, 3.8) is 0 Å². The van der Waals surface area contributed by atoms with Gasteiger partial charge in [-0.2, -0.15) is 0 Å². The molecule has 4 heteroatoms. The van der Waals surface area contributed by atoms with E-state index in [0.29, 0.717) is 6.42 Å². The van der Waals surface area contributed by atoms with Crippen LogP contribution < -0.4 is 11.1 Å². The van der Waals surface area contributed by atoms with Crippen LogP contribution in [0.3, 0.4) is 0 Å². The van der Waals surface area contributed by atoms with Crippen LogP contribution in [-0.4, -0.2) is 11.4 Å². The van der Waals surface area contributed by atoms with Crippen LogP contribution in [0.15, 0.2) is 28.7 Å². The van der Waals surface area contributed by atoms with E-state index in [1.165, 1.54) is 6.42 Å². The minimum absolute atomic E-state index is 0.0674. The van der Waals surface area contributed by atoms with Crippen molar-refractivity contribution in [2.45, 2.75) is 63.5 Å². The van der Waals surface area contributed by atoms with Gasteiger partial charge in [-0.1, -0.05) is 54.2 Å². The summed E-state index contributed by atoms with van der Waals surface area (Å²) in [5.41, 5.74) is 7.22. The number of halogens is 1. The number of nitrogens with two attached hydrogens (primary N) is 1. The summed E-state index contributed by atoms with van der Waals surface area (Å²) in [5.74, 6) is 0.0779. The molecule has 1 aromatic carbocycles. The van der Waals surface area contributed by atoms with E-state index >= 15 is 0 Å². The Bertz CT molecular complexity index is 466. The zero-order valence-electron chi connectivity index (χ0n) is 12.7. The first kappa shape index (κ1) is 16.5. The monoisotopic (exact) mass is 352 g/mol. The molecule has 0 bridgehead atoms. The zero-order chi connectivity index (χ0) is 15.3. The van der Waals surface area contributed by atoms with Crippen LogP contribution in [0.5, 0.6) is 0 Å². The van der Waals surface area contributed by atoms with Crippen molar-refractivity contribution in [1.29, 1.82) is 0 Å². The Morgan fingerprint density at radius 3 is 2.48 bits per heavy atom. The number of hydrogen-bond donors (Lipinski definition) is 2. The third-order valence-electron chi connectivity index (χ3n) is 4.38. The first-order valence-electron chi connectivity index (χ1n) is 7.86. The van der Waals surface area contributed by atoms with E-state index in [4.69, 9.17) is 5.73 Å². The van der Waals surface area contributed by atoms with Gasteiger partial charge in [0, 0.05) is 16.4 Å². The van der Waals surface area contributed by atoms with Crippen molar-refractivity contribution in [3.8, 4) is 0 Å². The number of carbonyl (C=O) groups excluding carboxylic acids is 1. The number of hydrogen-bond acceptors (Lipinski definition) is 2. The molecule has 1 aliphatic carbocycles. The van der Waals surface area contributed by atoms with Crippen molar-refractivity contribution >= 4 is 21.8 Å². The van der Waals surface area contributed by atoms with Gasteiger partial charge in [0.15, 0.2) is 0 Å². The molecule has 0 saturated heterocycles. The molecule has 2 rings (SSSR count). The Hall–Kier alpha value is -0.870. The van der Waals surface area contributed by atoms with Gasteiger partial charge in [0.25, 0.3) is 0 Å². The minimum Gasteiger partial charge on any atom is -0.349 e. The predicted octanol–water partition coefficient (Wildman–Crippen LogP) is 4.07. The Morgan fingerprint density at radius 1 is 1.29 bits per heavy atom. The summed E-state index contributed by atoms with van der Waals surface area (Å²) in [6, 6.07) is 8.19. The van der Waals surface area contributed by atoms with Gasteiger partial charge in [0.2, 0.25) is 5.91 Å². The maximum atomic E-state index is 12.3. The van der Waals surface area contributed by atoms with E-state index in [2.05, 4.69) is 40.3 Å². The van der Waals surface area contributed by atoms with Gasteiger partial charge in [-0.05, 0) is 37.0 Å². The molecule has 1 atom stereocenters. The topological polar surface area (TPSA) is 55.1 Å².